The van der Waals surface area contributed by atoms with E-state index in [1.165, 1.54) is 31.4 Å². The van der Waals surface area contributed by atoms with Gasteiger partial charge in [0.2, 0.25) is 29.5 Å². The predicted molar refractivity (Wildman–Crippen MR) is 182 cm³/mol. The van der Waals surface area contributed by atoms with Gasteiger partial charge in [0.1, 0.15) is 17.0 Å². The Hall–Kier alpha value is -5.85. The highest BCUT2D eigenvalue weighted by molar-refractivity contribution is 6.16. The monoisotopic (exact) mass is 668 g/mol. The summed E-state index contributed by atoms with van der Waals surface area (Å²) in [5.41, 5.74) is 1.12. The fraction of sp³-hybridized carbons (Fsp3) is 0.278. The van der Waals surface area contributed by atoms with Gasteiger partial charge in [-0.2, -0.15) is 4.98 Å². The smallest absolute Gasteiger partial charge is 0.305 e. The fourth-order valence-electron chi connectivity index (χ4n) is 4.90. The number of unbranched alkanes of at least 4 members (excludes halogenated alkanes) is 3. The van der Waals surface area contributed by atoms with Gasteiger partial charge in [-0.25, -0.2) is 9.37 Å². The molecule has 3 amide bonds. The Morgan fingerprint density at radius 1 is 0.714 bits per heavy atom. The van der Waals surface area contributed by atoms with E-state index in [0.29, 0.717) is 60.1 Å². The molecule has 0 bridgehead atoms. The van der Waals surface area contributed by atoms with Crippen molar-refractivity contribution in [3.63, 3.8) is 0 Å². The Morgan fingerprint density at radius 2 is 1.27 bits per heavy atom. The average Bonchev–Trinajstić information content (AvgIpc) is 3.92. The number of halogens is 1. The van der Waals surface area contributed by atoms with Crippen molar-refractivity contribution >= 4 is 52.4 Å². The number of anilines is 5. The summed E-state index contributed by atoms with van der Waals surface area (Å²) in [6.45, 7) is 0. The molecule has 4 aromatic rings. The molecule has 1 aliphatic rings. The molecule has 13 heteroatoms. The van der Waals surface area contributed by atoms with E-state index in [2.05, 4.69) is 36.0 Å². The fourth-order valence-corrected chi connectivity index (χ4v) is 4.90. The van der Waals surface area contributed by atoms with Crippen LogP contribution in [0.15, 0.2) is 85.1 Å². The van der Waals surface area contributed by atoms with Gasteiger partial charge in [-0.05, 0) is 98.5 Å². The highest BCUT2D eigenvalue weighted by Gasteiger charge is 2.56. The summed E-state index contributed by atoms with van der Waals surface area (Å²) < 4.78 is 23.7. The van der Waals surface area contributed by atoms with E-state index in [1.807, 2.05) is 0 Å². The van der Waals surface area contributed by atoms with Crippen LogP contribution in [0.4, 0.5) is 33.1 Å². The number of methoxy groups -OCH3 is 1. The number of hydrogen-bond donors (Lipinski definition) is 4. The van der Waals surface area contributed by atoms with Crippen molar-refractivity contribution in [1.82, 2.24) is 9.97 Å². The average molecular weight is 669 g/mol. The molecule has 0 atom stereocenters. The van der Waals surface area contributed by atoms with Crippen LogP contribution in [0.2, 0.25) is 0 Å². The van der Waals surface area contributed by atoms with Crippen molar-refractivity contribution in [3.8, 4) is 11.6 Å². The Morgan fingerprint density at radius 3 is 1.88 bits per heavy atom. The van der Waals surface area contributed by atoms with Gasteiger partial charge in [0, 0.05) is 47.9 Å². The number of hydrogen-bond acceptors (Lipinski definition) is 9. The number of ether oxygens (including phenoxy) is 2. The molecule has 1 aliphatic carbocycles. The molecule has 0 radical (unpaired) electrons. The highest BCUT2D eigenvalue weighted by Crippen LogP contribution is 2.47. The van der Waals surface area contributed by atoms with Crippen LogP contribution >= 0.6 is 0 Å². The Balaban J connectivity index is 1.06. The molecule has 4 N–H and O–H groups in total. The van der Waals surface area contributed by atoms with E-state index in [1.54, 1.807) is 60.8 Å². The van der Waals surface area contributed by atoms with Crippen LogP contribution in [-0.4, -0.2) is 40.8 Å². The van der Waals surface area contributed by atoms with E-state index < -0.39 is 23.0 Å². The molecule has 1 heterocycles. The lowest BCUT2D eigenvalue weighted by Crippen LogP contribution is -2.35. The number of rotatable bonds is 16. The quantitative estimate of drug-likeness (QED) is 0.0562. The van der Waals surface area contributed by atoms with Crippen LogP contribution in [0, 0.1) is 11.2 Å². The van der Waals surface area contributed by atoms with Gasteiger partial charge in [0.05, 0.1) is 7.11 Å². The van der Waals surface area contributed by atoms with Crippen LogP contribution in [-0.2, 0) is 23.9 Å². The third kappa shape index (κ3) is 10.1. The van der Waals surface area contributed by atoms with E-state index in [0.717, 1.165) is 25.7 Å². The first-order valence-electron chi connectivity index (χ1n) is 16.0. The topological polar surface area (TPSA) is 161 Å². The van der Waals surface area contributed by atoms with Crippen LogP contribution in [0.3, 0.4) is 0 Å². The number of nitrogens with zero attached hydrogens (tertiary/aromatic N) is 2. The molecular formula is C36H37FN6O6. The molecule has 0 unspecified atom stereocenters. The lowest BCUT2D eigenvalue weighted by Gasteiger charge is -2.16. The highest BCUT2D eigenvalue weighted by atomic mass is 19.1. The molecular weight excluding hydrogens is 631 g/mol. The zero-order chi connectivity index (χ0) is 34.6. The molecule has 254 valence electrons. The Bertz CT molecular complexity index is 1760. The summed E-state index contributed by atoms with van der Waals surface area (Å²) in [5, 5.41) is 11.5. The van der Waals surface area contributed by atoms with Crippen LogP contribution in [0.5, 0.6) is 11.6 Å². The zero-order valence-electron chi connectivity index (χ0n) is 27.0. The van der Waals surface area contributed by atoms with E-state index in [9.17, 15) is 23.6 Å². The maximum Gasteiger partial charge on any atom is 0.305 e. The Kier molecular flexibility index (Phi) is 11.5. The van der Waals surface area contributed by atoms with Gasteiger partial charge >= 0.3 is 5.97 Å². The second-order valence-corrected chi connectivity index (χ2v) is 11.6. The molecule has 12 nitrogen and oxygen atoms in total. The normalized spacial score (nSPS) is 12.7. The number of carbonyl (C=O) groups excluding carboxylic acids is 4. The first-order chi connectivity index (χ1) is 23.7. The van der Waals surface area contributed by atoms with Gasteiger partial charge in [-0.1, -0.05) is 12.8 Å². The molecule has 0 aliphatic heterocycles. The molecule has 1 fully saturated rings. The molecule has 3 aromatic carbocycles. The van der Waals surface area contributed by atoms with Crippen LogP contribution < -0.4 is 26.0 Å². The van der Waals surface area contributed by atoms with Crippen molar-refractivity contribution in [2.24, 2.45) is 5.41 Å². The molecule has 5 rings (SSSR count). The SMILES string of the molecule is COC(=O)CCCCCCC(=O)Nc1ccc(Nc2nccc(Oc3ccc(NC(=O)C4(C(=O)Nc5ccc(F)cc5)CC4)cc3)n2)cc1. The summed E-state index contributed by atoms with van der Waals surface area (Å²) >= 11 is 0. The van der Waals surface area contributed by atoms with Gasteiger partial charge in [-0.15, -0.1) is 0 Å². The molecule has 1 saturated carbocycles. The second kappa shape index (κ2) is 16.3. The summed E-state index contributed by atoms with van der Waals surface area (Å²) in [6.07, 6.45) is 6.41. The van der Waals surface area contributed by atoms with Gasteiger partial charge < -0.3 is 30.7 Å². The number of carbonyl (C=O) groups is 4. The summed E-state index contributed by atoms with van der Waals surface area (Å²) in [6, 6.07) is 20.8. The van der Waals surface area contributed by atoms with Crippen molar-refractivity contribution in [2.45, 2.75) is 51.4 Å². The summed E-state index contributed by atoms with van der Waals surface area (Å²) in [4.78, 5) is 57.9. The number of aromatic nitrogens is 2. The third-order valence-corrected chi connectivity index (χ3v) is 7.87. The second-order valence-electron chi connectivity index (χ2n) is 11.6. The van der Waals surface area contributed by atoms with Crippen molar-refractivity contribution in [2.75, 3.05) is 28.4 Å². The van der Waals surface area contributed by atoms with Crippen molar-refractivity contribution < 1.29 is 33.0 Å². The maximum absolute atomic E-state index is 13.2. The first kappa shape index (κ1) is 34.5. The molecule has 49 heavy (non-hydrogen) atoms. The zero-order valence-corrected chi connectivity index (χ0v) is 27.0. The summed E-state index contributed by atoms with van der Waals surface area (Å²) in [5.74, 6) is -0.481. The molecule has 1 aromatic heterocycles. The molecule has 0 saturated heterocycles. The molecule has 0 spiro atoms. The van der Waals surface area contributed by atoms with Gasteiger partial charge in [0.25, 0.3) is 0 Å². The minimum Gasteiger partial charge on any atom is -0.469 e. The van der Waals surface area contributed by atoms with Crippen molar-refractivity contribution in [1.29, 1.82) is 0 Å². The minimum absolute atomic E-state index is 0.0741. The number of esters is 1. The number of nitrogens with one attached hydrogen (secondary N) is 4. The number of amides is 3. The minimum atomic E-state index is -1.17. The first-order valence-corrected chi connectivity index (χ1v) is 16.0. The van der Waals surface area contributed by atoms with E-state index >= 15 is 0 Å². The lowest BCUT2D eigenvalue weighted by atomic mass is 10.0. The van der Waals surface area contributed by atoms with Gasteiger partial charge in [0.15, 0.2) is 0 Å². The third-order valence-electron chi connectivity index (χ3n) is 7.87. The van der Waals surface area contributed by atoms with Crippen molar-refractivity contribution in [3.05, 3.63) is 90.9 Å². The maximum atomic E-state index is 13.2. The van der Waals surface area contributed by atoms with E-state index in [-0.39, 0.29) is 17.8 Å². The Labute approximate surface area is 282 Å². The number of benzene rings is 3. The standard InChI is InChI=1S/C36H37FN6O6/c1-48-32(45)7-5-3-2-4-6-30(44)39-25-12-14-28(15-13-25)42-35-38-23-20-31(43-35)49-29-18-16-27(17-19-29)41-34(47)36(21-22-36)33(46)40-26-10-8-24(37)9-11-26/h8-20,23H,2-7,21-22H2,1H3,(H,39,44)(H,40,46)(H,41,47)(H,38,42,43). The van der Waals surface area contributed by atoms with Crippen LogP contribution in [0.25, 0.3) is 0 Å². The largest absolute Gasteiger partial charge is 0.469 e. The van der Waals surface area contributed by atoms with Gasteiger partial charge in [-0.3, -0.25) is 19.2 Å². The lowest BCUT2D eigenvalue weighted by molar-refractivity contribution is -0.140. The van der Waals surface area contributed by atoms with E-state index in [4.69, 9.17) is 4.74 Å². The van der Waals surface area contributed by atoms with Crippen LogP contribution in [0.1, 0.15) is 51.4 Å². The predicted octanol–water partition coefficient (Wildman–Crippen LogP) is 6.96. The summed E-state index contributed by atoms with van der Waals surface area (Å²) in [7, 11) is 1.38.